The molecule has 0 atom stereocenters. The molecule has 3 aromatic carbocycles. The predicted octanol–water partition coefficient (Wildman–Crippen LogP) is 6.52. The largest absolute Gasteiger partial charge is 0.481 e. The second-order valence-electron chi connectivity index (χ2n) is 10.5. The third-order valence-corrected chi connectivity index (χ3v) is 8.78. The molecular formula is C33H29FN4O5S. The molecule has 0 fully saturated rings. The summed E-state index contributed by atoms with van der Waals surface area (Å²) in [6.45, 7) is 1.96. The van der Waals surface area contributed by atoms with Gasteiger partial charge in [0.05, 0.1) is 30.3 Å². The fourth-order valence-electron chi connectivity index (χ4n) is 5.20. The number of amides is 1. The number of nitrogens with one attached hydrogen (secondary N) is 2. The Kier molecular flexibility index (Phi) is 7.13. The molecule has 3 aromatic heterocycles. The Balaban J connectivity index is 1.64. The minimum absolute atomic E-state index is 0.273. The number of hydrogen-bond acceptors (Lipinski definition) is 6. The number of nitrogens with zero attached hydrogens (tertiary/aromatic N) is 2. The standard InChI is InChI=1S/C33H29FN4O5S/c1-18-6-8-19(9-7-18)32-31(33(39)35-2)24-16-23(28(17-29(24)43-32)38(3)44(5,40)41)27-14-21(15-30(37-27)42-4)26-13-20-12-22(34)10-11-25(20)36-26/h6-17,36H,1-5H3,(H,35,39). The van der Waals surface area contributed by atoms with Gasteiger partial charge >= 0.3 is 0 Å². The highest BCUT2D eigenvalue weighted by Gasteiger charge is 2.26. The summed E-state index contributed by atoms with van der Waals surface area (Å²) < 4.78 is 52.5. The highest BCUT2D eigenvalue weighted by atomic mass is 32.2. The molecular weight excluding hydrogens is 583 g/mol. The van der Waals surface area contributed by atoms with Crippen LogP contribution in [0.5, 0.6) is 5.88 Å². The number of aromatic amines is 1. The Bertz CT molecular complexity index is 2190. The van der Waals surface area contributed by atoms with Crippen molar-refractivity contribution in [1.82, 2.24) is 15.3 Å². The van der Waals surface area contributed by atoms with Crippen molar-refractivity contribution < 1.29 is 26.8 Å². The number of halogens is 1. The van der Waals surface area contributed by atoms with E-state index in [1.54, 1.807) is 30.3 Å². The van der Waals surface area contributed by atoms with Crippen LogP contribution in [0, 0.1) is 12.7 Å². The van der Waals surface area contributed by atoms with Crippen LogP contribution in [0.1, 0.15) is 15.9 Å². The van der Waals surface area contributed by atoms with Gasteiger partial charge in [0.25, 0.3) is 5.91 Å². The Morgan fingerprint density at radius 1 is 1.02 bits per heavy atom. The van der Waals surface area contributed by atoms with Crippen LogP contribution in [0.2, 0.25) is 0 Å². The first-order valence-electron chi connectivity index (χ1n) is 13.7. The van der Waals surface area contributed by atoms with Crippen LogP contribution < -0.4 is 14.4 Å². The van der Waals surface area contributed by atoms with Crippen molar-refractivity contribution in [3.8, 4) is 39.7 Å². The van der Waals surface area contributed by atoms with E-state index in [0.29, 0.717) is 55.8 Å². The number of hydrogen-bond donors (Lipinski definition) is 2. The van der Waals surface area contributed by atoms with Crippen molar-refractivity contribution in [2.45, 2.75) is 6.92 Å². The highest BCUT2D eigenvalue weighted by Crippen LogP contribution is 2.42. The van der Waals surface area contributed by atoms with E-state index < -0.39 is 10.0 Å². The number of benzene rings is 3. The quantitative estimate of drug-likeness (QED) is 0.212. The number of anilines is 1. The van der Waals surface area contributed by atoms with Crippen LogP contribution >= 0.6 is 0 Å². The van der Waals surface area contributed by atoms with E-state index in [0.717, 1.165) is 21.6 Å². The molecule has 44 heavy (non-hydrogen) atoms. The van der Waals surface area contributed by atoms with E-state index in [1.165, 1.54) is 33.3 Å². The highest BCUT2D eigenvalue weighted by molar-refractivity contribution is 7.92. The Hall–Kier alpha value is -5.16. The van der Waals surface area contributed by atoms with E-state index in [4.69, 9.17) is 9.15 Å². The molecule has 0 aliphatic heterocycles. The molecule has 0 aliphatic rings. The van der Waals surface area contributed by atoms with Gasteiger partial charge in [-0.15, -0.1) is 0 Å². The summed E-state index contributed by atoms with van der Waals surface area (Å²) in [6.07, 6.45) is 1.10. The maximum Gasteiger partial charge on any atom is 0.255 e. The first-order chi connectivity index (χ1) is 21.0. The molecule has 1 amide bonds. The van der Waals surface area contributed by atoms with Gasteiger partial charge in [-0.05, 0) is 43.3 Å². The summed E-state index contributed by atoms with van der Waals surface area (Å²) in [5, 5.41) is 3.86. The zero-order valence-electron chi connectivity index (χ0n) is 24.7. The molecule has 9 nitrogen and oxygen atoms in total. The maximum absolute atomic E-state index is 13.9. The lowest BCUT2D eigenvalue weighted by atomic mass is 9.99. The average Bonchev–Trinajstić information content (AvgIpc) is 3.60. The number of aromatic nitrogens is 2. The number of pyridine rings is 1. The average molecular weight is 613 g/mol. The van der Waals surface area contributed by atoms with Crippen molar-refractivity contribution in [3.05, 3.63) is 89.7 Å². The zero-order chi connectivity index (χ0) is 31.3. The van der Waals surface area contributed by atoms with Gasteiger partial charge in [0.2, 0.25) is 15.9 Å². The molecule has 0 aliphatic carbocycles. The number of fused-ring (bicyclic) bond motifs is 2. The number of methoxy groups -OCH3 is 1. The number of carbonyl (C=O) groups is 1. The van der Waals surface area contributed by atoms with E-state index in [1.807, 2.05) is 37.3 Å². The molecule has 6 aromatic rings. The van der Waals surface area contributed by atoms with Crippen molar-refractivity contribution in [3.63, 3.8) is 0 Å². The second kappa shape index (κ2) is 10.8. The van der Waals surface area contributed by atoms with Gasteiger partial charge in [-0.3, -0.25) is 9.10 Å². The molecule has 2 N–H and O–H groups in total. The van der Waals surface area contributed by atoms with Crippen LogP contribution in [0.15, 0.2) is 77.2 Å². The second-order valence-corrected chi connectivity index (χ2v) is 12.6. The Morgan fingerprint density at radius 2 is 1.77 bits per heavy atom. The summed E-state index contributed by atoms with van der Waals surface area (Å²) >= 11 is 0. The maximum atomic E-state index is 13.9. The van der Waals surface area contributed by atoms with E-state index >= 15 is 0 Å². The predicted molar refractivity (Wildman–Crippen MR) is 170 cm³/mol. The molecule has 3 heterocycles. The summed E-state index contributed by atoms with van der Waals surface area (Å²) in [7, 11) is 0.737. The van der Waals surface area contributed by atoms with Crippen LogP contribution in [0.4, 0.5) is 10.1 Å². The normalized spacial score (nSPS) is 11.7. The van der Waals surface area contributed by atoms with Crippen molar-refractivity contribution >= 4 is 43.5 Å². The number of sulfonamides is 1. The summed E-state index contributed by atoms with van der Waals surface area (Å²) in [5.41, 5.74) is 5.58. The molecule has 0 unspecified atom stereocenters. The SMILES string of the molecule is CNC(=O)c1c(-c2ccc(C)cc2)oc2cc(N(C)S(C)(=O)=O)c(-c3cc(-c4cc5cc(F)ccc5[nH]4)cc(OC)n3)cc12. The van der Waals surface area contributed by atoms with Crippen LogP contribution in [-0.4, -0.2) is 51.8 Å². The fraction of sp³-hybridized carbons (Fsp3) is 0.152. The first-order valence-corrected chi connectivity index (χ1v) is 15.5. The lowest BCUT2D eigenvalue weighted by molar-refractivity contribution is 0.0964. The summed E-state index contributed by atoms with van der Waals surface area (Å²) in [5.74, 6) is -0.0857. The monoisotopic (exact) mass is 612 g/mol. The van der Waals surface area contributed by atoms with Gasteiger partial charge in [0, 0.05) is 64.9 Å². The molecule has 0 saturated carbocycles. The number of ether oxygens (including phenoxy) is 1. The van der Waals surface area contributed by atoms with E-state index in [2.05, 4.69) is 15.3 Å². The van der Waals surface area contributed by atoms with Crippen LogP contribution in [0.25, 0.3) is 55.7 Å². The fourth-order valence-corrected chi connectivity index (χ4v) is 5.71. The zero-order valence-corrected chi connectivity index (χ0v) is 25.5. The van der Waals surface area contributed by atoms with Gasteiger partial charge in [-0.1, -0.05) is 29.8 Å². The number of furan rings is 1. The molecule has 0 saturated heterocycles. The summed E-state index contributed by atoms with van der Waals surface area (Å²) in [6, 6.07) is 20.7. The van der Waals surface area contributed by atoms with Crippen molar-refractivity contribution in [2.75, 3.05) is 31.8 Å². The van der Waals surface area contributed by atoms with Crippen LogP contribution in [-0.2, 0) is 10.0 Å². The lowest BCUT2D eigenvalue weighted by Crippen LogP contribution is -2.25. The number of rotatable bonds is 7. The van der Waals surface area contributed by atoms with Gasteiger partial charge in [0.1, 0.15) is 17.2 Å². The Labute approximate surface area is 253 Å². The van der Waals surface area contributed by atoms with E-state index in [9.17, 15) is 17.6 Å². The van der Waals surface area contributed by atoms with Crippen molar-refractivity contribution in [2.24, 2.45) is 0 Å². The third-order valence-electron chi connectivity index (χ3n) is 7.59. The molecule has 11 heteroatoms. The van der Waals surface area contributed by atoms with E-state index in [-0.39, 0.29) is 23.3 Å². The molecule has 6 rings (SSSR count). The molecule has 0 spiro atoms. The minimum Gasteiger partial charge on any atom is -0.481 e. The molecule has 224 valence electrons. The van der Waals surface area contributed by atoms with Gasteiger partial charge < -0.3 is 19.5 Å². The lowest BCUT2D eigenvalue weighted by Gasteiger charge is -2.21. The number of carbonyl (C=O) groups excluding carboxylic acids is 1. The Morgan fingerprint density at radius 3 is 2.45 bits per heavy atom. The minimum atomic E-state index is -3.72. The number of aryl methyl sites for hydroxylation is 1. The number of H-pyrrole nitrogens is 1. The van der Waals surface area contributed by atoms with Gasteiger partial charge in [-0.25, -0.2) is 17.8 Å². The third kappa shape index (κ3) is 5.15. The van der Waals surface area contributed by atoms with Gasteiger partial charge in [0.15, 0.2) is 0 Å². The topological polar surface area (TPSA) is 118 Å². The van der Waals surface area contributed by atoms with Crippen LogP contribution in [0.3, 0.4) is 0 Å². The summed E-state index contributed by atoms with van der Waals surface area (Å²) in [4.78, 5) is 21.2. The van der Waals surface area contributed by atoms with Crippen molar-refractivity contribution in [1.29, 1.82) is 0 Å². The molecule has 0 radical (unpaired) electrons. The first kappa shape index (κ1) is 28.9. The molecule has 0 bridgehead atoms. The van der Waals surface area contributed by atoms with Gasteiger partial charge in [-0.2, -0.15) is 0 Å². The smallest absolute Gasteiger partial charge is 0.255 e.